The van der Waals surface area contributed by atoms with Gasteiger partial charge in [0.15, 0.2) is 17.4 Å². The van der Waals surface area contributed by atoms with E-state index in [9.17, 15) is 18.4 Å². The molecule has 1 fully saturated rings. The lowest BCUT2D eigenvalue weighted by Crippen LogP contribution is -2.37. The molecule has 0 spiro atoms. The summed E-state index contributed by atoms with van der Waals surface area (Å²) in [7, 11) is 1.28. The minimum atomic E-state index is -0.945. The van der Waals surface area contributed by atoms with Gasteiger partial charge in [0, 0.05) is 19.1 Å². The lowest BCUT2D eigenvalue weighted by molar-refractivity contribution is -0.146. The Kier molecular flexibility index (Phi) is 5.32. The van der Waals surface area contributed by atoms with Gasteiger partial charge in [0.2, 0.25) is 0 Å². The van der Waals surface area contributed by atoms with E-state index in [1.807, 2.05) is 0 Å². The van der Waals surface area contributed by atoms with E-state index in [4.69, 9.17) is 9.15 Å². The van der Waals surface area contributed by atoms with Gasteiger partial charge in [-0.3, -0.25) is 14.5 Å². The number of methoxy groups -OCH3 is 1. The van der Waals surface area contributed by atoms with E-state index in [2.05, 4.69) is 5.32 Å². The molecule has 8 heteroatoms. The lowest BCUT2D eigenvalue weighted by atomic mass is 10.1. The number of carbonyl (C=O) groups is 2. The molecule has 1 amide bonds. The van der Waals surface area contributed by atoms with Gasteiger partial charge in [-0.2, -0.15) is 0 Å². The van der Waals surface area contributed by atoms with Crippen LogP contribution in [0, 0.1) is 11.6 Å². The minimum Gasteiger partial charge on any atom is -0.468 e. The van der Waals surface area contributed by atoms with E-state index >= 15 is 0 Å². The Labute approximate surface area is 148 Å². The van der Waals surface area contributed by atoms with Gasteiger partial charge >= 0.3 is 5.97 Å². The molecular weight excluding hydrogens is 346 g/mol. The van der Waals surface area contributed by atoms with Crippen LogP contribution in [0.25, 0.3) is 0 Å². The molecule has 2 atom stereocenters. The first-order chi connectivity index (χ1) is 12.5. The zero-order valence-electron chi connectivity index (χ0n) is 14.1. The molecule has 2 aromatic rings. The third kappa shape index (κ3) is 3.91. The van der Waals surface area contributed by atoms with Crippen LogP contribution in [-0.2, 0) is 16.1 Å². The van der Waals surface area contributed by atoms with Crippen molar-refractivity contribution >= 4 is 11.9 Å². The molecular formula is C18H18F2N2O4. The number of hydrogen-bond donors (Lipinski definition) is 1. The van der Waals surface area contributed by atoms with Crippen LogP contribution in [0.15, 0.2) is 41.0 Å². The van der Waals surface area contributed by atoms with E-state index in [1.165, 1.54) is 19.4 Å². The van der Waals surface area contributed by atoms with Crippen LogP contribution in [0.4, 0.5) is 8.78 Å². The average molecular weight is 364 g/mol. The third-order valence-corrected chi connectivity index (χ3v) is 4.33. The van der Waals surface area contributed by atoms with E-state index in [0.717, 1.165) is 12.1 Å². The van der Waals surface area contributed by atoms with Gasteiger partial charge in [0.25, 0.3) is 5.91 Å². The van der Waals surface area contributed by atoms with Crippen LogP contribution in [0.3, 0.4) is 0 Å². The molecule has 3 rings (SSSR count). The monoisotopic (exact) mass is 364 g/mol. The normalized spacial score (nSPS) is 20.1. The van der Waals surface area contributed by atoms with Crippen LogP contribution in [0.5, 0.6) is 0 Å². The van der Waals surface area contributed by atoms with Crippen molar-refractivity contribution in [2.24, 2.45) is 0 Å². The van der Waals surface area contributed by atoms with Crippen LogP contribution < -0.4 is 5.32 Å². The summed E-state index contributed by atoms with van der Waals surface area (Å²) in [4.78, 5) is 26.0. The number of benzene rings is 1. The number of nitrogens with zero attached hydrogens (tertiary/aromatic N) is 1. The van der Waals surface area contributed by atoms with Crippen molar-refractivity contribution in [1.29, 1.82) is 0 Å². The van der Waals surface area contributed by atoms with E-state index in [1.54, 1.807) is 17.0 Å². The predicted molar refractivity (Wildman–Crippen MR) is 87.2 cm³/mol. The zero-order valence-corrected chi connectivity index (χ0v) is 14.1. The van der Waals surface area contributed by atoms with Gasteiger partial charge in [-0.05, 0) is 36.2 Å². The molecule has 0 unspecified atom stereocenters. The lowest BCUT2D eigenvalue weighted by Gasteiger charge is -2.22. The fourth-order valence-electron chi connectivity index (χ4n) is 3.10. The Bertz CT molecular complexity index is 794. The second-order valence-electron chi connectivity index (χ2n) is 6.10. The van der Waals surface area contributed by atoms with Crippen molar-refractivity contribution in [2.45, 2.75) is 25.0 Å². The zero-order chi connectivity index (χ0) is 18.7. The van der Waals surface area contributed by atoms with Crippen LogP contribution in [0.1, 0.15) is 22.5 Å². The number of furan rings is 1. The molecule has 26 heavy (non-hydrogen) atoms. The Morgan fingerprint density at radius 3 is 2.77 bits per heavy atom. The SMILES string of the molecule is COC(=O)[C@@H]1C[C@H](NC(=O)c2ccco2)CN1Cc1ccc(F)c(F)c1. The number of amides is 1. The fourth-order valence-corrected chi connectivity index (χ4v) is 3.10. The van der Waals surface area contributed by atoms with Crippen molar-refractivity contribution in [3.05, 3.63) is 59.6 Å². The molecule has 1 aliphatic rings. The molecule has 1 saturated heterocycles. The Morgan fingerprint density at radius 2 is 2.12 bits per heavy atom. The molecule has 1 aliphatic heterocycles. The maximum absolute atomic E-state index is 13.4. The molecule has 0 bridgehead atoms. The Hall–Kier alpha value is -2.74. The summed E-state index contributed by atoms with van der Waals surface area (Å²) < 4.78 is 36.4. The van der Waals surface area contributed by atoms with Gasteiger partial charge < -0.3 is 14.5 Å². The fraction of sp³-hybridized carbons (Fsp3) is 0.333. The average Bonchev–Trinajstić information content (AvgIpc) is 3.28. The summed E-state index contributed by atoms with van der Waals surface area (Å²) >= 11 is 0. The smallest absolute Gasteiger partial charge is 0.323 e. The van der Waals surface area contributed by atoms with E-state index < -0.39 is 23.6 Å². The van der Waals surface area contributed by atoms with Gasteiger partial charge in [-0.1, -0.05) is 6.07 Å². The molecule has 1 aromatic carbocycles. The molecule has 0 saturated carbocycles. The summed E-state index contributed by atoms with van der Waals surface area (Å²) in [6.07, 6.45) is 1.75. The Balaban J connectivity index is 1.71. The highest BCUT2D eigenvalue weighted by molar-refractivity contribution is 5.91. The van der Waals surface area contributed by atoms with Crippen LogP contribution in [-0.4, -0.2) is 42.5 Å². The maximum Gasteiger partial charge on any atom is 0.323 e. The van der Waals surface area contributed by atoms with Crippen molar-refractivity contribution in [3.63, 3.8) is 0 Å². The van der Waals surface area contributed by atoms with E-state index in [0.29, 0.717) is 18.5 Å². The van der Waals surface area contributed by atoms with E-state index in [-0.39, 0.29) is 24.3 Å². The maximum atomic E-state index is 13.4. The standard InChI is InChI=1S/C18H18F2N2O4/c1-25-18(24)15-8-12(21-17(23)16-3-2-6-26-16)10-22(15)9-11-4-5-13(19)14(20)7-11/h2-7,12,15H,8-10H2,1H3,(H,21,23)/t12-,15-/m0/s1. The van der Waals surface area contributed by atoms with Gasteiger partial charge in [-0.25, -0.2) is 8.78 Å². The summed E-state index contributed by atoms with van der Waals surface area (Å²) in [5, 5.41) is 2.81. The summed E-state index contributed by atoms with van der Waals surface area (Å²) in [6, 6.07) is 5.86. The largest absolute Gasteiger partial charge is 0.468 e. The molecule has 0 aliphatic carbocycles. The minimum absolute atomic E-state index is 0.179. The van der Waals surface area contributed by atoms with Crippen molar-refractivity contribution < 1.29 is 27.5 Å². The topological polar surface area (TPSA) is 71.8 Å². The predicted octanol–water partition coefficient (Wildman–Crippen LogP) is 2.10. The number of carbonyl (C=O) groups excluding carboxylic acids is 2. The molecule has 6 nitrogen and oxygen atoms in total. The number of halogens is 2. The molecule has 138 valence electrons. The first-order valence-electron chi connectivity index (χ1n) is 8.08. The number of esters is 1. The number of likely N-dealkylation sites (tertiary alicyclic amines) is 1. The molecule has 1 aromatic heterocycles. The second kappa shape index (κ2) is 7.65. The number of ether oxygens (including phenoxy) is 1. The molecule has 2 heterocycles. The molecule has 1 N–H and O–H groups in total. The third-order valence-electron chi connectivity index (χ3n) is 4.33. The first kappa shape index (κ1) is 18.1. The van der Waals surface area contributed by atoms with Crippen LogP contribution in [0.2, 0.25) is 0 Å². The van der Waals surface area contributed by atoms with Crippen molar-refractivity contribution in [3.8, 4) is 0 Å². The number of hydrogen-bond acceptors (Lipinski definition) is 5. The van der Waals surface area contributed by atoms with Gasteiger partial charge in [0.05, 0.1) is 13.4 Å². The summed E-state index contributed by atoms with van der Waals surface area (Å²) in [5.74, 6) is -2.51. The summed E-state index contributed by atoms with van der Waals surface area (Å²) in [5.41, 5.74) is 0.524. The number of rotatable bonds is 5. The highest BCUT2D eigenvalue weighted by Gasteiger charge is 2.38. The van der Waals surface area contributed by atoms with Gasteiger partial charge in [0.1, 0.15) is 6.04 Å². The highest BCUT2D eigenvalue weighted by Crippen LogP contribution is 2.23. The summed E-state index contributed by atoms with van der Waals surface area (Å²) in [6.45, 7) is 0.593. The second-order valence-corrected chi connectivity index (χ2v) is 6.10. The van der Waals surface area contributed by atoms with Crippen LogP contribution >= 0.6 is 0 Å². The quantitative estimate of drug-likeness (QED) is 0.823. The number of nitrogens with one attached hydrogen (secondary N) is 1. The first-order valence-corrected chi connectivity index (χ1v) is 8.08. The Morgan fingerprint density at radius 1 is 1.31 bits per heavy atom. The van der Waals surface area contributed by atoms with Crippen molar-refractivity contribution in [2.75, 3.05) is 13.7 Å². The molecule has 0 radical (unpaired) electrons. The van der Waals surface area contributed by atoms with Gasteiger partial charge in [-0.15, -0.1) is 0 Å². The van der Waals surface area contributed by atoms with Crippen molar-refractivity contribution in [1.82, 2.24) is 10.2 Å². The highest BCUT2D eigenvalue weighted by atomic mass is 19.2.